The number of halogens is 3. The van der Waals surface area contributed by atoms with Gasteiger partial charge >= 0.3 is 6.18 Å². The van der Waals surface area contributed by atoms with Crippen LogP contribution in [0.1, 0.15) is 33.6 Å². The number of rotatable bonds is 7. The van der Waals surface area contributed by atoms with Crippen molar-refractivity contribution in [3.05, 3.63) is 77.1 Å². The Morgan fingerprint density at radius 1 is 1.14 bits per heavy atom. The third-order valence-corrected chi connectivity index (χ3v) is 4.34. The average Bonchev–Trinajstić information content (AvgIpc) is 3.09. The van der Waals surface area contributed by atoms with Crippen molar-refractivity contribution >= 4 is 5.91 Å². The molecule has 3 rings (SSSR count). The minimum Gasteiger partial charge on any atom is -0.457 e. The van der Waals surface area contributed by atoms with Crippen LogP contribution in [0.4, 0.5) is 13.2 Å². The number of nitrogens with one attached hydrogen (secondary N) is 2. The number of benzene rings is 2. The fourth-order valence-electron chi connectivity index (χ4n) is 2.78. The number of hydrogen-bond acceptors (Lipinski definition) is 3. The highest BCUT2D eigenvalue weighted by atomic mass is 19.4. The van der Waals surface area contributed by atoms with Gasteiger partial charge in [0.05, 0.1) is 11.8 Å². The van der Waals surface area contributed by atoms with Gasteiger partial charge in [-0.3, -0.25) is 9.89 Å². The first-order chi connectivity index (χ1) is 13.8. The Balaban J connectivity index is 1.57. The van der Waals surface area contributed by atoms with Gasteiger partial charge < -0.3 is 10.1 Å². The third kappa shape index (κ3) is 5.60. The number of carbonyl (C=O) groups is 1. The van der Waals surface area contributed by atoms with E-state index in [0.717, 1.165) is 36.2 Å². The van der Waals surface area contributed by atoms with Crippen molar-refractivity contribution in [3.8, 4) is 11.5 Å². The number of aromatic amines is 1. The van der Waals surface area contributed by atoms with Gasteiger partial charge in [0.25, 0.3) is 5.91 Å². The lowest BCUT2D eigenvalue weighted by Gasteiger charge is -2.11. The molecule has 0 aliphatic heterocycles. The van der Waals surface area contributed by atoms with Crippen molar-refractivity contribution in [2.24, 2.45) is 0 Å². The molecule has 0 saturated heterocycles. The SMILES string of the molecule is Cc1[nH]ncc1CCCNC(=O)c1cccc(Oc2cccc(C(F)(F)F)c2)c1. The first kappa shape index (κ1) is 20.4. The molecule has 1 heterocycles. The fraction of sp³-hybridized carbons (Fsp3) is 0.238. The molecular formula is C21H20F3N3O2. The maximum atomic E-state index is 12.8. The van der Waals surface area contributed by atoms with E-state index >= 15 is 0 Å². The molecule has 29 heavy (non-hydrogen) atoms. The minimum atomic E-state index is -4.45. The largest absolute Gasteiger partial charge is 0.457 e. The molecule has 2 aromatic carbocycles. The second kappa shape index (κ2) is 8.81. The summed E-state index contributed by atoms with van der Waals surface area (Å²) in [6.07, 6.45) is -1.13. The van der Waals surface area contributed by atoms with Crippen LogP contribution >= 0.6 is 0 Å². The third-order valence-electron chi connectivity index (χ3n) is 4.34. The zero-order valence-electron chi connectivity index (χ0n) is 15.7. The van der Waals surface area contributed by atoms with Gasteiger partial charge in [-0.25, -0.2) is 0 Å². The molecule has 0 aliphatic rings. The van der Waals surface area contributed by atoms with Crippen LogP contribution in [0.15, 0.2) is 54.7 Å². The summed E-state index contributed by atoms with van der Waals surface area (Å²) in [5, 5.41) is 9.65. The molecule has 0 bridgehead atoms. The van der Waals surface area contributed by atoms with E-state index in [1.165, 1.54) is 18.2 Å². The van der Waals surface area contributed by atoms with E-state index in [-0.39, 0.29) is 17.4 Å². The van der Waals surface area contributed by atoms with Crippen LogP contribution in [-0.4, -0.2) is 22.6 Å². The molecule has 0 fully saturated rings. The van der Waals surface area contributed by atoms with Crippen LogP contribution < -0.4 is 10.1 Å². The Kier molecular flexibility index (Phi) is 6.21. The van der Waals surface area contributed by atoms with Crippen LogP contribution in [0.25, 0.3) is 0 Å². The quantitative estimate of drug-likeness (QED) is 0.552. The average molecular weight is 403 g/mol. The monoisotopic (exact) mass is 403 g/mol. The summed E-state index contributed by atoms with van der Waals surface area (Å²) in [7, 11) is 0. The van der Waals surface area contributed by atoms with Crippen LogP contribution in [-0.2, 0) is 12.6 Å². The normalized spacial score (nSPS) is 11.3. The van der Waals surface area contributed by atoms with Crippen LogP contribution in [0.5, 0.6) is 11.5 Å². The number of H-pyrrole nitrogens is 1. The first-order valence-electron chi connectivity index (χ1n) is 9.05. The molecule has 3 aromatic rings. The molecule has 0 aliphatic carbocycles. The number of carbonyl (C=O) groups excluding carboxylic acids is 1. The highest BCUT2D eigenvalue weighted by molar-refractivity contribution is 5.94. The van der Waals surface area contributed by atoms with Gasteiger partial charge in [-0.1, -0.05) is 12.1 Å². The first-order valence-corrected chi connectivity index (χ1v) is 9.05. The van der Waals surface area contributed by atoms with Crippen molar-refractivity contribution in [3.63, 3.8) is 0 Å². The highest BCUT2D eigenvalue weighted by Crippen LogP contribution is 2.32. The fourth-order valence-corrected chi connectivity index (χ4v) is 2.78. The summed E-state index contributed by atoms with van der Waals surface area (Å²) in [6, 6.07) is 10.9. The number of amides is 1. The van der Waals surface area contributed by atoms with Crippen molar-refractivity contribution in [2.45, 2.75) is 25.9 Å². The summed E-state index contributed by atoms with van der Waals surface area (Å²) in [5.41, 5.74) is 1.69. The van der Waals surface area contributed by atoms with Crippen LogP contribution in [0.2, 0.25) is 0 Å². The van der Waals surface area contributed by atoms with Gasteiger partial charge in [0.15, 0.2) is 0 Å². The summed E-state index contributed by atoms with van der Waals surface area (Å²) in [6.45, 7) is 2.43. The predicted octanol–water partition coefficient (Wildman–Crippen LogP) is 4.89. The topological polar surface area (TPSA) is 67.0 Å². The molecule has 0 spiro atoms. The van der Waals surface area contributed by atoms with Gasteiger partial charge in [-0.2, -0.15) is 18.3 Å². The Bertz CT molecular complexity index is 983. The lowest BCUT2D eigenvalue weighted by Crippen LogP contribution is -2.24. The second-order valence-corrected chi connectivity index (χ2v) is 6.54. The Hall–Kier alpha value is -3.29. The molecule has 152 valence electrons. The number of ether oxygens (including phenoxy) is 1. The molecular weight excluding hydrogens is 383 g/mol. The van der Waals surface area contributed by atoms with E-state index in [0.29, 0.717) is 12.1 Å². The Morgan fingerprint density at radius 2 is 1.86 bits per heavy atom. The number of aryl methyl sites for hydroxylation is 2. The number of alkyl halides is 3. The lowest BCUT2D eigenvalue weighted by atomic mass is 10.1. The zero-order valence-corrected chi connectivity index (χ0v) is 15.7. The van der Waals surface area contributed by atoms with Crippen molar-refractivity contribution in [1.82, 2.24) is 15.5 Å². The zero-order chi connectivity index (χ0) is 20.9. The van der Waals surface area contributed by atoms with Crippen molar-refractivity contribution in [2.75, 3.05) is 6.54 Å². The Labute approximate surface area is 165 Å². The van der Waals surface area contributed by atoms with Crippen molar-refractivity contribution in [1.29, 1.82) is 0 Å². The Morgan fingerprint density at radius 3 is 2.55 bits per heavy atom. The summed E-state index contributed by atoms with van der Waals surface area (Å²) < 4.78 is 44.0. The van der Waals surface area contributed by atoms with E-state index in [1.54, 1.807) is 24.4 Å². The van der Waals surface area contributed by atoms with Gasteiger partial charge in [0.1, 0.15) is 11.5 Å². The van der Waals surface area contributed by atoms with E-state index in [2.05, 4.69) is 15.5 Å². The van der Waals surface area contributed by atoms with E-state index in [1.807, 2.05) is 6.92 Å². The molecule has 5 nitrogen and oxygen atoms in total. The van der Waals surface area contributed by atoms with Crippen LogP contribution in [0.3, 0.4) is 0 Å². The summed E-state index contributed by atoms with van der Waals surface area (Å²) in [4.78, 5) is 12.3. The second-order valence-electron chi connectivity index (χ2n) is 6.54. The minimum absolute atomic E-state index is 0.0489. The molecule has 0 atom stereocenters. The van der Waals surface area contributed by atoms with Crippen LogP contribution in [0, 0.1) is 6.92 Å². The molecule has 8 heteroatoms. The van der Waals surface area contributed by atoms with Gasteiger partial charge in [-0.15, -0.1) is 0 Å². The molecule has 0 radical (unpaired) electrons. The molecule has 2 N–H and O–H groups in total. The number of nitrogens with zero attached hydrogens (tertiary/aromatic N) is 1. The predicted molar refractivity (Wildman–Crippen MR) is 102 cm³/mol. The van der Waals surface area contributed by atoms with Gasteiger partial charge in [0.2, 0.25) is 0 Å². The van der Waals surface area contributed by atoms with E-state index < -0.39 is 11.7 Å². The highest BCUT2D eigenvalue weighted by Gasteiger charge is 2.30. The van der Waals surface area contributed by atoms with Gasteiger partial charge in [0, 0.05) is 17.8 Å². The number of aromatic nitrogens is 2. The molecule has 0 saturated carbocycles. The van der Waals surface area contributed by atoms with Gasteiger partial charge in [-0.05, 0) is 61.7 Å². The molecule has 0 unspecified atom stereocenters. The standard InChI is InChI=1S/C21H20F3N3O2/c1-14-16(13-26-27-14)6-4-10-25-20(28)15-5-2-8-18(11-15)29-19-9-3-7-17(12-19)21(22,23)24/h2-3,5,7-9,11-13H,4,6,10H2,1H3,(H,25,28)(H,26,27). The molecule has 1 amide bonds. The lowest BCUT2D eigenvalue weighted by molar-refractivity contribution is -0.137. The smallest absolute Gasteiger partial charge is 0.416 e. The summed E-state index contributed by atoms with van der Waals surface area (Å²) in [5.74, 6) is 0.0577. The molecule has 1 aromatic heterocycles. The van der Waals surface area contributed by atoms with E-state index in [4.69, 9.17) is 4.74 Å². The van der Waals surface area contributed by atoms with Crippen molar-refractivity contribution < 1.29 is 22.7 Å². The maximum Gasteiger partial charge on any atom is 0.416 e. The van der Waals surface area contributed by atoms with E-state index in [9.17, 15) is 18.0 Å². The summed E-state index contributed by atoms with van der Waals surface area (Å²) >= 11 is 0. The number of hydrogen-bond donors (Lipinski definition) is 2. The maximum absolute atomic E-state index is 12.8.